The van der Waals surface area contributed by atoms with Crippen LogP contribution in [0.5, 0.6) is 46.0 Å². The van der Waals surface area contributed by atoms with E-state index in [0.717, 1.165) is 16.7 Å². The fourth-order valence-corrected chi connectivity index (χ4v) is 8.90. The lowest BCUT2D eigenvalue weighted by atomic mass is 10.2. The van der Waals surface area contributed by atoms with Crippen molar-refractivity contribution in [1.29, 1.82) is 0 Å². The fourth-order valence-electron chi connectivity index (χ4n) is 8.02. The third-order valence-corrected chi connectivity index (χ3v) is 13.2. The predicted molar refractivity (Wildman–Crippen MR) is 331 cm³/mol. The molecule has 414 valence electrons. The molecule has 0 radical (unpaired) electrons. The molecule has 0 amide bonds. The Bertz CT molecular complexity index is 3430. The maximum atomic E-state index is 11.0. The molecule has 0 spiro atoms. The van der Waals surface area contributed by atoms with E-state index >= 15 is 0 Å². The largest absolute Gasteiger partial charge is 0.443 e. The van der Waals surface area contributed by atoms with Crippen molar-refractivity contribution in [2.24, 2.45) is 10.2 Å². The lowest BCUT2D eigenvalue weighted by Gasteiger charge is -2.22. The van der Waals surface area contributed by atoms with Crippen LogP contribution in [-0.4, -0.2) is 38.7 Å². The van der Waals surface area contributed by atoms with Gasteiger partial charge in [0.15, 0.2) is 52.3 Å². The van der Waals surface area contributed by atoms with E-state index in [4.69, 9.17) is 84.3 Å². The first-order valence-corrected chi connectivity index (χ1v) is 31.4. The first-order chi connectivity index (χ1) is 37.4. The Hall–Kier alpha value is -5.88. The Balaban J connectivity index is 0.000000185. The Morgan fingerprint density at radius 3 is 1.02 bits per heavy atom. The summed E-state index contributed by atoms with van der Waals surface area (Å²) < 4.78 is 48.7. The number of aromatic nitrogens is 4. The summed E-state index contributed by atoms with van der Waals surface area (Å²) in [6.07, 6.45) is 10.1. The normalized spacial score (nSPS) is 20.1. The van der Waals surface area contributed by atoms with Crippen LogP contribution in [0.2, 0.25) is 20.1 Å². The van der Waals surface area contributed by atoms with Gasteiger partial charge in [-0.25, -0.2) is 0 Å². The Morgan fingerprint density at radius 2 is 0.738 bits per heavy atom. The van der Waals surface area contributed by atoms with E-state index in [9.17, 15) is 4.79 Å². The van der Waals surface area contributed by atoms with Crippen LogP contribution in [0.3, 0.4) is 0 Å². The van der Waals surface area contributed by atoms with Gasteiger partial charge in [-0.3, -0.25) is 24.7 Å². The van der Waals surface area contributed by atoms with Crippen molar-refractivity contribution in [2.75, 3.05) is 0 Å². The Morgan fingerprint density at radius 1 is 0.463 bits per heavy atom. The molecule has 4 aromatic carbocycles. The summed E-state index contributed by atoms with van der Waals surface area (Å²) in [5.41, 5.74) is 4.32. The number of pyridine rings is 4. The van der Waals surface area contributed by atoms with Gasteiger partial charge in [-0.05, 0) is 119 Å². The molecule has 0 aliphatic carbocycles. The number of carbonyl (C=O) groups excluding carboxylic acids is 1. The molecule has 23 heteroatoms. The highest BCUT2D eigenvalue weighted by molar-refractivity contribution is 14.2. The Labute approximate surface area is 508 Å². The van der Waals surface area contributed by atoms with Gasteiger partial charge in [0.1, 0.15) is 22.8 Å². The molecule has 8 heterocycles. The highest BCUT2D eigenvalue weighted by Gasteiger charge is 2.44. The number of carbonyl (C=O) groups is 1. The number of para-hydroxylation sites is 4. The summed E-state index contributed by atoms with van der Waals surface area (Å²) in [6.45, 7) is 7.18. The molecule has 0 bridgehead atoms. The smallest absolute Gasteiger partial charge is 0.292 e. The molecule has 4 aliphatic heterocycles. The van der Waals surface area contributed by atoms with Crippen molar-refractivity contribution in [1.82, 2.24) is 19.9 Å². The van der Waals surface area contributed by atoms with Gasteiger partial charge in [0.25, 0.3) is 23.1 Å². The number of nitrogens with zero attached hydrogens (tertiary/aromatic N) is 6. The van der Waals surface area contributed by atoms with E-state index in [0.29, 0.717) is 106 Å². The summed E-state index contributed by atoms with van der Waals surface area (Å²) >= 11 is 29.3. The zero-order valence-corrected chi connectivity index (χ0v) is 50.2. The van der Waals surface area contributed by atoms with Gasteiger partial charge in [-0.1, -0.05) is 108 Å². The number of aldehydes is 1. The van der Waals surface area contributed by atoms with Crippen LogP contribution in [0.1, 0.15) is 86.8 Å². The number of rotatable bonds is 8. The monoisotopic (exact) mass is 1370 g/mol. The Kier molecular flexibility index (Phi) is 20.3. The van der Waals surface area contributed by atoms with Crippen LogP contribution in [0.4, 0.5) is 0 Å². The van der Waals surface area contributed by atoms with Crippen molar-refractivity contribution >= 4 is 118 Å². The van der Waals surface area contributed by atoms with Crippen LogP contribution in [0.15, 0.2) is 161 Å². The molecule has 80 heavy (non-hydrogen) atoms. The van der Waals surface area contributed by atoms with E-state index in [-0.39, 0.29) is 14.9 Å². The SMILES string of the molecule is C.C.C[C@@]1(c2ccc(Cl)cn2)Oc2cccc(/C=N\N=C\c3cccc4c3O[C@](C)(c3ccc(Cl)cn3)O4)c2O1.C[C@@]1(c2ccc(Cl)cn2)Oc2cccc(Br)c2O1.C[C@@]1(c2ccc(Cl)cn2)Oc2cccc(C=O)c2O1.PPI. The molecular weight excluding hydrogens is 1320 g/mol. The minimum atomic E-state index is -1.09. The van der Waals surface area contributed by atoms with E-state index in [1.54, 1.807) is 119 Å². The summed E-state index contributed by atoms with van der Waals surface area (Å²) in [7, 11) is 2.59. The first kappa shape index (κ1) is 61.7. The van der Waals surface area contributed by atoms with Gasteiger partial charge in [-0.2, -0.15) is 10.2 Å². The standard InChI is InChI=1S/C28H20Cl2N4O4.C14H10ClNO3.C13H9BrClNO2.2CH4.H3IP2/c1-27(23-11-9-19(29)15-31-23)35-21-7-3-5-17(25(21)37-27)13-33-34-14-18-6-4-8-22-26(18)38-28(2,36-22)24-12-10-20(30)16-32-24;1-14(12-6-5-10(15)7-16-12)18-11-4-2-3-9(8-17)13(11)19-14;1-13(11-6-5-8(15)7-16-11)17-10-4-2-3-9(14)12(10)18-13;;;1-3-2/h3-16H,1-2H3;2-8H,1H3;2-7H,1H3;2*1H4;3H,2H2/b33-13-,34-14+;;;;;/t27-,28-;14-;13-;;;/m111.../s1. The number of halogens is 6. The van der Waals surface area contributed by atoms with Gasteiger partial charge in [0.05, 0.1) is 42.6 Å². The number of hydrogen-bond acceptors (Lipinski definition) is 15. The molecule has 8 aromatic rings. The van der Waals surface area contributed by atoms with Crippen molar-refractivity contribution < 1.29 is 42.7 Å². The molecule has 2 unspecified atom stereocenters. The van der Waals surface area contributed by atoms with E-state index in [1.807, 2.05) is 61.5 Å². The second kappa shape index (κ2) is 26.4. The summed E-state index contributed by atoms with van der Waals surface area (Å²) in [6, 6.07) is 36.0. The molecule has 0 saturated heterocycles. The lowest BCUT2D eigenvalue weighted by Crippen LogP contribution is -2.32. The first-order valence-electron chi connectivity index (χ1n) is 23.2. The third-order valence-electron chi connectivity index (χ3n) is 11.7. The van der Waals surface area contributed by atoms with Crippen LogP contribution in [-0.2, 0) is 23.1 Å². The molecule has 4 aliphatic rings. The van der Waals surface area contributed by atoms with Gasteiger partial charge in [-0.15, -0.1) is 8.93 Å². The van der Waals surface area contributed by atoms with Crippen LogP contribution < -0.4 is 37.9 Å². The highest BCUT2D eigenvalue weighted by Crippen LogP contribution is 2.49. The third kappa shape index (κ3) is 13.7. The molecule has 0 N–H and O–H groups in total. The minimum absolute atomic E-state index is 0. The fraction of sp³-hybridized carbons (Fsp3) is 0.175. The summed E-state index contributed by atoms with van der Waals surface area (Å²) in [5, 5.41) is 10.6. The van der Waals surface area contributed by atoms with Crippen molar-refractivity contribution in [3.63, 3.8) is 0 Å². The average Bonchev–Trinajstić information content (AvgIpc) is 4.37. The number of ether oxygens (including phenoxy) is 8. The number of hydrogen-bond donors (Lipinski definition) is 0. The molecule has 0 saturated carbocycles. The van der Waals surface area contributed by atoms with E-state index in [2.05, 4.69) is 77.0 Å². The quantitative estimate of drug-likeness (QED) is 0.0464. The van der Waals surface area contributed by atoms with Crippen LogP contribution in [0.25, 0.3) is 0 Å². The molecule has 4 aromatic heterocycles. The number of benzene rings is 4. The highest BCUT2D eigenvalue weighted by atomic mass is 127. The summed E-state index contributed by atoms with van der Waals surface area (Å²) in [4.78, 5) is 28.1. The van der Waals surface area contributed by atoms with E-state index in [1.165, 1.54) is 6.20 Å². The van der Waals surface area contributed by atoms with Crippen molar-refractivity contribution in [3.8, 4) is 46.0 Å². The van der Waals surface area contributed by atoms with Crippen LogP contribution in [0, 0.1) is 0 Å². The van der Waals surface area contributed by atoms with Gasteiger partial charge in [0, 0.05) is 63.6 Å². The van der Waals surface area contributed by atoms with Crippen molar-refractivity contribution in [3.05, 3.63) is 210 Å². The maximum absolute atomic E-state index is 11.0. The second-order valence-electron chi connectivity index (χ2n) is 17.4. The minimum Gasteiger partial charge on any atom is -0.443 e. The topological polar surface area (TPSA) is 167 Å². The molecular formula is C57H50BrCl4IN6O9P2. The molecule has 12 rings (SSSR count). The molecule has 0 fully saturated rings. The zero-order valence-electron chi connectivity index (χ0n) is 41.3. The molecule has 15 nitrogen and oxygen atoms in total. The maximum Gasteiger partial charge on any atom is 0.292 e. The summed E-state index contributed by atoms with van der Waals surface area (Å²) in [5.74, 6) is 1.45. The van der Waals surface area contributed by atoms with Gasteiger partial charge >= 0.3 is 0 Å². The number of fused-ring (bicyclic) bond motifs is 4. The van der Waals surface area contributed by atoms with Crippen molar-refractivity contribution in [2.45, 2.75) is 65.7 Å². The van der Waals surface area contributed by atoms with E-state index < -0.39 is 23.1 Å². The molecule has 6 atom stereocenters. The lowest BCUT2D eigenvalue weighted by molar-refractivity contribution is -0.0723. The van der Waals surface area contributed by atoms with Gasteiger partial charge < -0.3 is 37.9 Å². The zero-order chi connectivity index (χ0) is 55.2. The average molecular weight is 1370 g/mol. The van der Waals surface area contributed by atoms with Crippen LogP contribution >= 0.6 is 99.2 Å². The van der Waals surface area contributed by atoms with Gasteiger partial charge in [0.2, 0.25) is 0 Å². The predicted octanol–water partition coefficient (Wildman–Crippen LogP) is 16.9. The second-order valence-corrected chi connectivity index (χ2v) is 26.4.